The van der Waals surface area contributed by atoms with Gasteiger partial charge in [-0.2, -0.15) is 5.26 Å². The first kappa shape index (κ1) is 13.2. The lowest BCUT2D eigenvalue weighted by molar-refractivity contribution is 0.229. The van der Waals surface area contributed by atoms with E-state index in [9.17, 15) is 0 Å². The van der Waals surface area contributed by atoms with Gasteiger partial charge in [0.05, 0.1) is 0 Å². The van der Waals surface area contributed by atoms with E-state index in [0.717, 1.165) is 19.4 Å². The van der Waals surface area contributed by atoms with Crippen molar-refractivity contribution >= 4 is 28.1 Å². The van der Waals surface area contributed by atoms with Gasteiger partial charge in [0.15, 0.2) is 10.3 Å². The number of aromatic nitrogens is 1. The van der Waals surface area contributed by atoms with Gasteiger partial charge in [-0.1, -0.05) is 29.9 Å². The maximum absolute atomic E-state index is 8.84. The lowest BCUT2D eigenvalue weighted by Gasteiger charge is -2.07. The molecule has 16 heavy (non-hydrogen) atoms. The number of hydrogen-bond donors (Lipinski definition) is 2. The minimum absolute atomic E-state index is 0.224. The Balaban J connectivity index is 2.30. The predicted octanol–water partition coefficient (Wildman–Crippen LogP) is 2.49. The molecule has 0 saturated heterocycles. The zero-order chi connectivity index (χ0) is 12.0. The van der Waals surface area contributed by atoms with E-state index in [1.807, 2.05) is 13.0 Å². The molecule has 0 aromatic carbocycles. The second-order valence-corrected chi connectivity index (χ2v) is 4.96. The second kappa shape index (κ2) is 6.69. The van der Waals surface area contributed by atoms with Crippen LogP contribution in [0.4, 0.5) is 5.13 Å². The van der Waals surface area contributed by atoms with Crippen molar-refractivity contribution < 1.29 is 5.11 Å². The van der Waals surface area contributed by atoms with Crippen molar-refractivity contribution in [1.29, 1.82) is 5.26 Å². The molecule has 0 radical (unpaired) electrons. The van der Waals surface area contributed by atoms with E-state index in [2.05, 4.69) is 10.3 Å². The standard InChI is InChI=1S/C10H14ClN3OS/c1-7(6-15)3-2-4-13-10-14-9(11)8(5-12)16-10/h7,15H,2-4,6H2,1H3,(H,13,14). The Kier molecular flexibility index (Phi) is 5.53. The fraction of sp³-hybridized carbons (Fsp3) is 0.600. The zero-order valence-electron chi connectivity index (χ0n) is 9.03. The van der Waals surface area contributed by atoms with Crippen molar-refractivity contribution in [3.63, 3.8) is 0 Å². The normalized spacial score (nSPS) is 12.1. The highest BCUT2D eigenvalue weighted by Crippen LogP contribution is 2.25. The monoisotopic (exact) mass is 259 g/mol. The van der Waals surface area contributed by atoms with Crippen LogP contribution in [-0.2, 0) is 0 Å². The van der Waals surface area contributed by atoms with E-state index in [1.54, 1.807) is 0 Å². The average Bonchev–Trinajstić information content (AvgIpc) is 2.64. The van der Waals surface area contributed by atoms with Crippen molar-refractivity contribution in [2.24, 2.45) is 5.92 Å². The van der Waals surface area contributed by atoms with Crippen LogP contribution in [0.3, 0.4) is 0 Å². The van der Waals surface area contributed by atoms with Gasteiger partial charge >= 0.3 is 0 Å². The van der Waals surface area contributed by atoms with E-state index in [1.165, 1.54) is 11.3 Å². The summed E-state index contributed by atoms with van der Waals surface area (Å²) in [5.41, 5.74) is 0. The highest BCUT2D eigenvalue weighted by molar-refractivity contribution is 7.16. The van der Waals surface area contributed by atoms with E-state index < -0.39 is 0 Å². The predicted molar refractivity (Wildman–Crippen MR) is 65.8 cm³/mol. The third-order valence-corrected chi connectivity index (χ3v) is 3.45. The van der Waals surface area contributed by atoms with Gasteiger partial charge in [-0.3, -0.25) is 0 Å². The number of aliphatic hydroxyl groups is 1. The Labute approximate surface area is 104 Å². The summed E-state index contributed by atoms with van der Waals surface area (Å²) in [6, 6.07) is 1.98. The van der Waals surface area contributed by atoms with Gasteiger partial charge in [0.2, 0.25) is 0 Å². The second-order valence-electron chi connectivity index (χ2n) is 3.61. The van der Waals surface area contributed by atoms with Crippen molar-refractivity contribution in [2.45, 2.75) is 19.8 Å². The summed E-state index contributed by atoms with van der Waals surface area (Å²) in [4.78, 5) is 4.46. The topological polar surface area (TPSA) is 68.9 Å². The molecule has 0 amide bonds. The van der Waals surface area contributed by atoms with Crippen LogP contribution >= 0.6 is 22.9 Å². The molecular weight excluding hydrogens is 246 g/mol. The minimum Gasteiger partial charge on any atom is -0.396 e. The van der Waals surface area contributed by atoms with Gasteiger partial charge in [-0.15, -0.1) is 0 Å². The lowest BCUT2D eigenvalue weighted by atomic mass is 10.1. The van der Waals surface area contributed by atoms with Crippen LogP contribution in [0.25, 0.3) is 0 Å². The molecule has 1 unspecified atom stereocenters. The molecule has 0 bridgehead atoms. The number of halogens is 1. The smallest absolute Gasteiger partial charge is 0.185 e. The zero-order valence-corrected chi connectivity index (χ0v) is 10.6. The Hall–Kier alpha value is -0.830. The Morgan fingerprint density at radius 2 is 2.44 bits per heavy atom. The molecule has 0 aliphatic carbocycles. The third-order valence-electron chi connectivity index (χ3n) is 2.15. The van der Waals surface area contributed by atoms with Crippen molar-refractivity contribution in [1.82, 2.24) is 4.98 Å². The number of nitrogens with one attached hydrogen (secondary N) is 1. The molecule has 0 aliphatic heterocycles. The Morgan fingerprint density at radius 1 is 1.69 bits per heavy atom. The molecule has 0 fully saturated rings. The molecule has 1 rings (SSSR count). The van der Waals surface area contributed by atoms with E-state index >= 15 is 0 Å². The van der Waals surface area contributed by atoms with Crippen molar-refractivity contribution in [3.05, 3.63) is 10.0 Å². The highest BCUT2D eigenvalue weighted by Gasteiger charge is 2.07. The first-order valence-electron chi connectivity index (χ1n) is 5.08. The number of rotatable bonds is 6. The fourth-order valence-electron chi connectivity index (χ4n) is 1.18. The summed E-state index contributed by atoms with van der Waals surface area (Å²) in [5, 5.41) is 21.6. The molecule has 2 N–H and O–H groups in total. The number of anilines is 1. The van der Waals surface area contributed by atoms with Crippen LogP contribution in [0, 0.1) is 17.2 Å². The summed E-state index contributed by atoms with van der Waals surface area (Å²) in [6.07, 6.45) is 1.93. The summed E-state index contributed by atoms with van der Waals surface area (Å²) in [7, 11) is 0. The van der Waals surface area contributed by atoms with Gasteiger partial charge in [0, 0.05) is 13.2 Å². The molecule has 88 valence electrons. The number of aliphatic hydroxyl groups excluding tert-OH is 1. The SMILES string of the molecule is CC(CO)CCCNc1nc(Cl)c(C#N)s1. The molecule has 1 heterocycles. The average molecular weight is 260 g/mol. The largest absolute Gasteiger partial charge is 0.396 e. The highest BCUT2D eigenvalue weighted by atomic mass is 35.5. The maximum Gasteiger partial charge on any atom is 0.185 e. The molecule has 6 heteroatoms. The molecular formula is C10H14ClN3OS. The third kappa shape index (κ3) is 3.97. The van der Waals surface area contributed by atoms with Gasteiger partial charge in [0.1, 0.15) is 10.9 Å². The summed E-state index contributed by atoms with van der Waals surface area (Å²) < 4.78 is 0. The molecule has 0 aliphatic rings. The van der Waals surface area contributed by atoms with Crippen LogP contribution in [0.5, 0.6) is 0 Å². The summed E-state index contributed by atoms with van der Waals surface area (Å²) >= 11 is 6.99. The fourth-order valence-corrected chi connectivity index (χ4v) is 2.16. The van der Waals surface area contributed by atoms with Gasteiger partial charge in [0.25, 0.3) is 0 Å². The van der Waals surface area contributed by atoms with Crippen molar-refractivity contribution in [2.75, 3.05) is 18.5 Å². The Bertz CT molecular complexity index is 375. The molecule has 1 aromatic rings. The first-order chi connectivity index (χ1) is 7.67. The quantitative estimate of drug-likeness (QED) is 0.770. The van der Waals surface area contributed by atoms with Crippen LogP contribution in [0.1, 0.15) is 24.6 Å². The van der Waals surface area contributed by atoms with Crippen molar-refractivity contribution in [3.8, 4) is 6.07 Å². The van der Waals surface area contributed by atoms with Crippen LogP contribution in [0.15, 0.2) is 0 Å². The number of nitrogens with zero attached hydrogens (tertiary/aromatic N) is 2. The van der Waals surface area contributed by atoms with Gasteiger partial charge in [-0.25, -0.2) is 4.98 Å². The summed E-state index contributed by atoms with van der Waals surface area (Å²) in [6.45, 7) is 3.01. The molecule has 1 atom stereocenters. The van der Waals surface area contributed by atoms with E-state index in [4.69, 9.17) is 22.0 Å². The molecule has 0 spiro atoms. The van der Waals surface area contributed by atoms with E-state index in [0.29, 0.717) is 15.9 Å². The van der Waals surface area contributed by atoms with Crippen LogP contribution in [-0.4, -0.2) is 23.2 Å². The maximum atomic E-state index is 8.84. The van der Waals surface area contributed by atoms with Crippen LogP contribution in [0.2, 0.25) is 5.15 Å². The van der Waals surface area contributed by atoms with Gasteiger partial charge < -0.3 is 10.4 Å². The minimum atomic E-state index is 0.224. The number of hydrogen-bond acceptors (Lipinski definition) is 5. The number of thiazole rings is 1. The number of nitriles is 1. The Morgan fingerprint density at radius 3 is 3.00 bits per heavy atom. The lowest BCUT2D eigenvalue weighted by Crippen LogP contribution is -2.06. The van der Waals surface area contributed by atoms with E-state index in [-0.39, 0.29) is 11.8 Å². The molecule has 4 nitrogen and oxygen atoms in total. The first-order valence-corrected chi connectivity index (χ1v) is 6.28. The summed E-state index contributed by atoms with van der Waals surface area (Å²) in [5.74, 6) is 0.330. The van der Waals surface area contributed by atoms with Crippen LogP contribution < -0.4 is 5.32 Å². The van der Waals surface area contributed by atoms with Gasteiger partial charge in [-0.05, 0) is 18.8 Å². The molecule has 1 aromatic heterocycles. The molecule has 0 saturated carbocycles.